The Morgan fingerprint density at radius 2 is 0.523 bits per heavy atom. The van der Waals surface area contributed by atoms with Gasteiger partial charge in [0.25, 0.3) is 0 Å². The van der Waals surface area contributed by atoms with Crippen LogP contribution in [-0.2, 0) is 78.2 Å². The van der Waals surface area contributed by atoms with Crippen molar-refractivity contribution >= 4 is 0 Å². The van der Waals surface area contributed by atoms with Crippen LogP contribution in [0.15, 0.2) is 146 Å². The van der Waals surface area contributed by atoms with Crippen LogP contribution in [0.3, 0.4) is 0 Å². The average molecular weight is 1530 g/mol. The van der Waals surface area contributed by atoms with Crippen LogP contribution >= 0.6 is 0 Å². The zero-order chi connectivity index (χ0) is 76.4. The first-order valence-electron chi connectivity index (χ1n) is 39.4. The number of aryl methyl sites for hydroxylation is 4. The molecule has 0 radical (unpaired) electrons. The standard InChI is InChI=1S/C22H26O4.C21H24O4.C19H20O4.C15H26O6.C12H14O4/c1-13-5-17(6-14(2)21(13)25-11-19-9-23-19)18-7-15(3)22(16(4)8-18)26-12-20-10-24-20;1-21(2,15-3-7-17(8-4-15)22-11-19-13-24-19)16-5-9-18(10-6-16)23-12-20-14-25-20;1-5-16(20-10-18-12-22-18)6-2-14(1)9-15-3-7-17(8-4-15)21-11-19-13-23-19;1-2-15(9-16-3-12-6-19-12,10-17-4-13-7-20-13)11-18-5-14-8-21-14;1-2-9(13-5-11-7-15-11)4-10(3-1)14-6-12-8-16-12/h5-8,19-20H,9-12H2,1-4H3;3-10,19-20H,11-14H2,1-2H3;1-8,18-19H,9-13H2;12-14H,2-11H2,1H3;1-4,11-12H,5-8H2. The maximum atomic E-state index is 5.95. The van der Waals surface area contributed by atoms with E-state index >= 15 is 0 Å². The van der Waals surface area contributed by atoms with Gasteiger partial charge in [0.15, 0.2) is 0 Å². The molecule has 7 aromatic carbocycles. The number of hydrogen-bond acceptors (Lipinski definition) is 22. The van der Waals surface area contributed by atoms with Crippen molar-refractivity contribution in [3.63, 3.8) is 0 Å². The Morgan fingerprint density at radius 1 is 0.288 bits per heavy atom. The molecule has 18 rings (SSSR count). The van der Waals surface area contributed by atoms with E-state index in [0.717, 1.165) is 154 Å². The smallest absolute Gasteiger partial charge is 0.125 e. The normalized spacial score (nSPS) is 24.2. The van der Waals surface area contributed by atoms with Gasteiger partial charge in [-0.25, -0.2) is 0 Å². The number of epoxide rings is 11. The van der Waals surface area contributed by atoms with E-state index in [-0.39, 0.29) is 47.5 Å². The zero-order valence-electron chi connectivity index (χ0n) is 65.3. The quantitative estimate of drug-likeness (QED) is 0.0323. The Bertz CT molecular complexity index is 3670. The van der Waals surface area contributed by atoms with Crippen molar-refractivity contribution in [2.75, 3.05) is 165 Å². The third-order valence-electron chi connectivity index (χ3n) is 20.2. The Morgan fingerprint density at radius 3 is 0.775 bits per heavy atom. The second-order valence-corrected chi connectivity index (χ2v) is 30.9. The van der Waals surface area contributed by atoms with E-state index in [1.54, 1.807) is 0 Å². The summed E-state index contributed by atoms with van der Waals surface area (Å²) in [5.41, 5.74) is 11.9. The molecule has 22 heteroatoms. The molecule has 0 spiro atoms. The first kappa shape index (κ1) is 80.0. The van der Waals surface area contributed by atoms with Crippen molar-refractivity contribution < 1.29 is 104 Å². The monoisotopic (exact) mass is 1530 g/mol. The summed E-state index contributed by atoms with van der Waals surface area (Å²) in [4.78, 5) is 0. The van der Waals surface area contributed by atoms with Gasteiger partial charge in [0.05, 0.1) is 112 Å². The Balaban J connectivity index is 0.000000116. The van der Waals surface area contributed by atoms with Crippen molar-refractivity contribution in [3.8, 4) is 57.1 Å². The minimum atomic E-state index is -0.0985. The van der Waals surface area contributed by atoms with Gasteiger partial charge in [-0.1, -0.05) is 75.4 Å². The lowest BCUT2D eigenvalue weighted by Gasteiger charge is -2.32. The largest absolute Gasteiger partial charge is 0.491 e. The molecule has 11 aliphatic heterocycles. The Kier molecular flexibility index (Phi) is 28.1. The third-order valence-corrected chi connectivity index (χ3v) is 20.2. The van der Waals surface area contributed by atoms with Gasteiger partial charge >= 0.3 is 0 Å². The highest BCUT2D eigenvalue weighted by Crippen LogP contribution is 2.38. The summed E-state index contributed by atoms with van der Waals surface area (Å²) in [6, 6.07) is 49.6. The summed E-state index contributed by atoms with van der Waals surface area (Å²) >= 11 is 0. The molecular formula is C89H110O22. The van der Waals surface area contributed by atoms with Gasteiger partial charge in [-0.05, 0) is 181 Å². The molecule has 11 atom stereocenters. The van der Waals surface area contributed by atoms with Crippen molar-refractivity contribution in [2.24, 2.45) is 5.41 Å². The topological polar surface area (TPSA) is 239 Å². The SMILES string of the molecule is CC(C)(c1ccc(OCC2CO2)cc1)c1ccc(OCC2CO2)cc1.CCC(COCC1CO1)(COCC1CO1)COCC1CO1.Cc1cc(-c2cc(C)c(OCC3CO3)c(C)c2)cc(C)c1OCC1CO1.c1cc(OCC2CO2)cc(OCC2CO2)c1.c1cc(OCC2CO2)ccc1Cc1ccc(OCC2CO2)cc1. The molecule has 11 aliphatic rings. The number of benzene rings is 7. The molecule has 11 unspecified atom stereocenters. The molecular weight excluding hydrogens is 1420 g/mol. The van der Waals surface area contributed by atoms with Crippen LogP contribution in [0.2, 0.25) is 0 Å². The van der Waals surface area contributed by atoms with Gasteiger partial charge in [-0.3, -0.25) is 0 Å². The molecule has 111 heavy (non-hydrogen) atoms. The number of ether oxygens (including phenoxy) is 22. The molecule has 11 fully saturated rings. The third kappa shape index (κ3) is 28.2. The predicted molar refractivity (Wildman–Crippen MR) is 414 cm³/mol. The second kappa shape index (κ2) is 38.9. The molecule has 0 N–H and O–H groups in total. The molecule has 0 aliphatic carbocycles. The van der Waals surface area contributed by atoms with Crippen molar-refractivity contribution in [1.29, 1.82) is 0 Å². The van der Waals surface area contributed by atoms with Crippen LogP contribution in [0.4, 0.5) is 0 Å². The predicted octanol–water partition coefficient (Wildman–Crippen LogP) is 12.4. The minimum absolute atomic E-state index is 0.0870. The van der Waals surface area contributed by atoms with Crippen molar-refractivity contribution in [2.45, 2.75) is 134 Å². The maximum absolute atomic E-state index is 5.95. The number of hydrogen-bond donors (Lipinski definition) is 0. The lowest BCUT2D eigenvalue weighted by Crippen LogP contribution is -2.38. The molecule has 0 bridgehead atoms. The molecule has 0 saturated carbocycles. The zero-order valence-corrected chi connectivity index (χ0v) is 65.3. The fraction of sp³-hybridized carbons (Fsp3) is 0.528. The maximum Gasteiger partial charge on any atom is 0.125 e. The molecule has 11 saturated heterocycles. The van der Waals surface area contributed by atoms with Crippen LogP contribution in [0, 0.1) is 33.1 Å². The van der Waals surface area contributed by atoms with Gasteiger partial charge in [-0.15, -0.1) is 0 Å². The van der Waals surface area contributed by atoms with Gasteiger partial charge < -0.3 is 104 Å². The van der Waals surface area contributed by atoms with Crippen LogP contribution in [-0.4, -0.2) is 232 Å². The number of rotatable bonds is 42. The Labute approximate surface area is 652 Å². The first-order valence-corrected chi connectivity index (χ1v) is 39.4. The van der Waals surface area contributed by atoms with Gasteiger partial charge in [-0.2, -0.15) is 0 Å². The van der Waals surface area contributed by atoms with E-state index in [1.807, 2.05) is 72.8 Å². The van der Waals surface area contributed by atoms with Crippen LogP contribution in [0.1, 0.15) is 71.7 Å². The molecule has 22 nitrogen and oxygen atoms in total. The van der Waals surface area contributed by atoms with E-state index < -0.39 is 0 Å². The van der Waals surface area contributed by atoms with E-state index in [4.69, 9.17) is 104 Å². The molecule has 0 aromatic heterocycles. The van der Waals surface area contributed by atoms with E-state index in [9.17, 15) is 0 Å². The first-order chi connectivity index (χ1) is 54.2. The van der Waals surface area contributed by atoms with Gasteiger partial charge in [0.1, 0.15) is 166 Å². The average Bonchev–Trinajstić information content (AvgIpc) is 1.51. The lowest BCUT2D eigenvalue weighted by atomic mass is 9.78. The van der Waals surface area contributed by atoms with E-state index in [0.29, 0.717) is 123 Å². The molecule has 598 valence electrons. The minimum Gasteiger partial charge on any atom is -0.491 e. The van der Waals surface area contributed by atoms with Crippen LogP contribution < -0.4 is 37.9 Å². The molecule has 0 amide bonds. The fourth-order valence-corrected chi connectivity index (χ4v) is 12.0. The van der Waals surface area contributed by atoms with Gasteiger partial charge in [0.2, 0.25) is 0 Å². The van der Waals surface area contributed by atoms with Crippen LogP contribution in [0.25, 0.3) is 11.1 Å². The Hall–Kier alpha value is -7.62. The van der Waals surface area contributed by atoms with E-state index in [1.165, 1.54) is 33.4 Å². The highest BCUT2D eigenvalue weighted by atomic mass is 16.6. The summed E-state index contributed by atoms with van der Waals surface area (Å²) < 4.78 is 120. The summed E-state index contributed by atoms with van der Waals surface area (Å²) in [6.07, 6.45) is 4.99. The van der Waals surface area contributed by atoms with E-state index in [2.05, 4.69) is 121 Å². The van der Waals surface area contributed by atoms with Gasteiger partial charge in [0, 0.05) is 16.9 Å². The highest BCUT2D eigenvalue weighted by molar-refractivity contribution is 5.70. The highest BCUT2D eigenvalue weighted by Gasteiger charge is 2.36. The lowest BCUT2D eigenvalue weighted by molar-refractivity contribution is -0.0762. The second-order valence-electron chi connectivity index (χ2n) is 30.9. The summed E-state index contributed by atoms with van der Waals surface area (Å²) in [5, 5.41) is 0. The van der Waals surface area contributed by atoms with Crippen molar-refractivity contribution in [1.82, 2.24) is 0 Å². The summed E-state index contributed by atoms with van der Waals surface area (Å²) in [5.74, 6) is 7.17. The summed E-state index contributed by atoms with van der Waals surface area (Å²) in [6.45, 7) is 33.0. The fourth-order valence-electron chi connectivity index (χ4n) is 12.0. The van der Waals surface area contributed by atoms with Crippen LogP contribution in [0.5, 0.6) is 46.0 Å². The summed E-state index contributed by atoms with van der Waals surface area (Å²) in [7, 11) is 0. The van der Waals surface area contributed by atoms with Crippen molar-refractivity contribution in [3.05, 3.63) is 190 Å². The molecule has 7 aromatic rings. The molecule has 11 heterocycles.